The molecule has 16 heavy (non-hydrogen) atoms. The van der Waals surface area contributed by atoms with E-state index in [9.17, 15) is 20.1 Å². The van der Waals surface area contributed by atoms with Crippen LogP contribution in [0.15, 0.2) is 0 Å². The number of carboxylic acids is 1. The number of aliphatic carboxylic acids is 1. The van der Waals surface area contributed by atoms with Crippen LogP contribution in [0.3, 0.4) is 0 Å². The van der Waals surface area contributed by atoms with Crippen LogP contribution in [0.25, 0.3) is 0 Å². The second-order valence-electron chi connectivity index (χ2n) is 3.32. The summed E-state index contributed by atoms with van der Waals surface area (Å²) in [6, 6.07) is 0. The van der Waals surface area contributed by atoms with Crippen LogP contribution >= 0.6 is 0 Å². The molecule has 0 fully saturated rings. The largest absolute Gasteiger partial charge is 0.480 e. The molecule has 8 heteroatoms. The summed E-state index contributed by atoms with van der Waals surface area (Å²) in [4.78, 5) is 10.1. The molecule has 0 saturated heterocycles. The molecule has 0 heterocycles. The maximum Gasteiger partial charge on any atom is 0.317 e. The molecule has 0 radical (unpaired) electrons. The first-order chi connectivity index (χ1) is 7.40. The molecule has 0 aromatic carbocycles. The Bertz CT molecular complexity index is 213. The standard InChI is InChI=1S/C8H17NO7/c10-3-5(12)8(16)7(15)4(11)1-9-2-6(13)14/h4-5,7-12,15-16H,1-3H2,(H,13,14). The maximum absolute atomic E-state index is 10.1. The summed E-state index contributed by atoms with van der Waals surface area (Å²) in [5, 5.41) is 55.8. The van der Waals surface area contributed by atoms with Crippen molar-refractivity contribution in [2.45, 2.75) is 24.4 Å². The van der Waals surface area contributed by atoms with E-state index in [0.29, 0.717) is 0 Å². The predicted octanol–water partition coefficient (Wildman–Crippen LogP) is -3.90. The highest BCUT2D eigenvalue weighted by atomic mass is 16.4. The van der Waals surface area contributed by atoms with Gasteiger partial charge in [-0.25, -0.2) is 0 Å². The highest BCUT2D eigenvalue weighted by molar-refractivity contribution is 5.68. The van der Waals surface area contributed by atoms with E-state index in [1.165, 1.54) is 0 Å². The van der Waals surface area contributed by atoms with Crippen molar-refractivity contribution in [1.29, 1.82) is 0 Å². The number of carbonyl (C=O) groups is 1. The lowest BCUT2D eigenvalue weighted by molar-refractivity contribution is -0.136. The Morgan fingerprint density at radius 1 is 1.06 bits per heavy atom. The van der Waals surface area contributed by atoms with E-state index >= 15 is 0 Å². The molecular weight excluding hydrogens is 222 g/mol. The highest BCUT2D eigenvalue weighted by Gasteiger charge is 2.29. The Morgan fingerprint density at radius 2 is 1.56 bits per heavy atom. The van der Waals surface area contributed by atoms with Crippen LogP contribution in [0.2, 0.25) is 0 Å². The number of nitrogens with one attached hydrogen (secondary N) is 1. The van der Waals surface area contributed by atoms with Gasteiger partial charge < -0.3 is 36.0 Å². The average molecular weight is 239 g/mol. The molecule has 4 atom stereocenters. The molecule has 0 aliphatic rings. The van der Waals surface area contributed by atoms with Gasteiger partial charge in [0.05, 0.1) is 19.3 Å². The van der Waals surface area contributed by atoms with Crippen molar-refractivity contribution in [3.8, 4) is 0 Å². The van der Waals surface area contributed by atoms with Crippen LogP contribution in [0, 0.1) is 0 Å². The van der Waals surface area contributed by atoms with Crippen molar-refractivity contribution in [1.82, 2.24) is 5.32 Å². The van der Waals surface area contributed by atoms with Crippen LogP contribution in [0.5, 0.6) is 0 Å². The van der Waals surface area contributed by atoms with Gasteiger partial charge in [-0.05, 0) is 0 Å². The monoisotopic (exact) mass is 239 g/mol. The molecule has 8 nitrogen and oxygen atoms in total. The van der Waals surface area contributed by atoms with Crippen molar-refractivity contribution in [2.75, 3.05) is 19.7 Å². The number of hydrogen-bond donors (Lipinski definition) is 7. The first-order valence-electron chi connectivity index (χ1n) is 4.65. The van der Waals surface area contributed by atoms with E-state index in [0.717, 1.165) is 0 Å². The van der Waals surface area contributed by atoms with Crippen LogP contribution in [0.4, 0.5) is 0 Å². The molecule has 0 amide bonds. The number of aliphatic hydroxyl groups excluding tert-OH is 5. The molecule has 0 spiro atoms. The summed E-state index contributed by atoms with van der Waals surface area (Å²) in [7, 11) is 0. The Morgan fingerprint density at radius 3 is 2.00 bits per heavy atom. The van der Waals surface area contributed by atoms with E-state index in [2.05, 4.69) is 5.32 Å². The molecule has 0 aliphatic carbocycles. The fourth-order valence-corrected chi connectivity index (χ4v) is 1.01. The van der Waals surface area contributed by atoms with Gasteiger partial charge in [0.25, 0.3) is 0 Å². The van der Waals surface area contributed by atoms with Crippen molar-refractivity contribution in [3.05, 3.63) is 0 Å². The van der Waals surface area contributed by atoms with Crippen molar-refractivity contribution >= 4 is 5.97 Å². The van der Waals surface area contributed by atoms with Gasteiger partial charge in [0.1, 0.15) is 18.3 Å². The molecule has 4 unspecified atom stereocenters. The normalized spacial score (nSPS) is 18.8. The van der Waals surface area contributed by atoms with E-state index in [1.807, 2.05) is 0 Å². The van der Waals surface area contributed by atoms with Gasteiger partial charge in [-0.15, -0.1) is 0 Å². The Kier molecular flexibility index (Phi) is 7.13. The Labute approximate surface area is 91.8 Å². The summed E-state index contributed by atoms with van der Waals surface area (Å²) in [6.45, 7) is -1.42. The van der Waals surface area contributed by atoms with Gasteiger partial charge in [0.2, 0.25) is 0 Å². The molecule has 0 bridgehead atoms. The van der Waals surface area contributed by atoms with Crippen LogP contribution in [0.1, 0.15) is 0 Å². The molecule has 0 aliphatic heterocycles. The second-order valence-corrected chi connectivity index (χ2v) is 3.32. The fraction of sp³-hybridized carbons (Fsp3) is 0.875. The quantitative estimate of drug-likeness (QED) is 0.227. The lowest BCUT2D eigenvalue weighted by atomic mass is 10.0. The molecule has 0 saturated carbocycles. The third-order valence-corrected chi connectivity index (χ3v) is 1.96. The van der Waals surface area contributed by atoms with Gasteiger partial charge >= 0.3 is 5.97 Å². The topological polar surface area (TPSA) is 150 Å². The minimum Gasteiger partial charge on any atom is -0.480 e. The smallest absolute Gasteiger partial charge is 0.317 e. The average Bonchev–Trinajstić information content (AvgIpc) is 2.25. The number of rotatable bonds is 8. The Balaban J connectivity index is 3.97. The molecule has 0 aromatic heterocycles. The van der Waals surface area contributed by atoms with Crippen LogP contribution in [-0.2, 0) is 4.79 Å². The fourth-order valence-electron chi connectivity index (χ4n) is 1.01. The molecular formula is C8H17NO7. The third kappa shape index (κ3) is 5.35. The minimum absolute atomic E-state index is 0.261. The van der Waals surface area contributed by atoms with E-state index < -0.39 is 43.5 Å². The minimum atomic E-state index is -1.70. The summed E-state index contributed by atoms with van der Waals surface area (Å²) < 4.78 is 0. The zero-order chi connectivity index (χ0) is 12.7. The molecule has 7 N–H and O–H groups in total. The number of aliphatic hydroxyl groups is 5. The van der Waals surface area contributed by atoms with E-state index in [1.54, 1.807) is 0 Å². The molecule has 96 valence electrons. The summed E-state index contributed by atoms with van der Waals surface area (Å²) in [5.74, 6) is -1.13. The van der Waals surface area contributed by atoms with Crippen molar-refractivity contribution in [3.63, 3.8) is 0 Å². The van der Waals surface area contributed by atoms with Crippen LogP contribution < -0.4 is 5.32 Å². The first kappa shape index (κ1) is 15.2. The Hall–Kier alpha value is -0.770. The zero-order valence-corrected chi connectivity index (χ0v) is 8.52. The predicted molar refractivity (Wildman–Crippen MR) is 51.6 cm³/mol. The summed E-state index contributed by atoms with van der Waals surface area (Å²) in [5.41, 5.74) is 0. The lowest BCUT2D eigenvalue weighted by Crippen LogP contribution is -2.49. The van der Waals surface area contributed by atoms with Gasteiger partial charge in [-0.2, -0.15) is 0 Å². The van der Waals surface area contributed by atoms with Gasteiger partial charge in [-0.3, -0.25) is 4.79 Å². The van der Waals surface area contributed by atoms with Gasteiger partial charge in [-0.1, -0.05) is 0 Å². The number of carboxylic acid groups (broad SMARTS) is 1. The summed E-state index contributed by atoms with van der Waals surface area (Å²) >= 11 is 0. The van der Waals surface area contributed by atoms with Crippen LogP contribution in [-0.4, -0.2) is 80.7 Å². The van der Waals surface area contributed by atoms with Gasteiger partial charge in [0.15, 0.2) is 0 Å². The molecule has 0 aromatic rings. The SMILES string of the molecule is O=C(O)CNCC(O)C(O)C(O)C(O)CO. The van der Waals surface area contributed by atoms with Gasteiger partial charge in [0, 0.05) is 6.54 Å². The number of hydrogen-bond acceptors (Lipinski definition) is 7. The van der Waals surface area contributed by atoms with E-state index in [-0.39, 0.29) is 6.54 Å². The maximum atomic E-state index is 10.1. The third-order valence-electron chi connectivity index (χ3n) is 1.96. The highest BCUT2D eigenvalue weighted by Crippen LogP contribution is 2.04. The first-order valence-corrected chi connectivity index (χ1v) is 4.65. The van der Waals surface area contributed by atoms with E-state index in [4.69, 9.17) is 15.3 Å². The van der Waals surface area contributed by atoms with Crippen molar-refractivity contribution < 1.29 is 35.4 Å². The summed E-state index contributed by atoms with van der Waals surface area (Å²) in [6.07, 6.45) is -6.39. The second kappa shape index (κ2) is 7.49. The molecule has 0 rings (SSSR count). The zero-order valence-electron chi connectivity index (χ0n) is 8.52. The van der Waals surface area contributed by atoms with Crippen molar-refractivity contribution in [2.24, 2.45) is 0 Å². The lowest BCUT2D eigenvalue weighted by Gasteiger charge is -2.25.